The highest BCUT2D eigenvalue weighted by Crippen LogP contribution is 2.47. The van der Waals surface area contributed by atoms with Gasteiger partial charge in [0.25, 0.3) is 0 Å². The molecule has 45 heavy (non-hydrogen) atoms. The highest BCUT2D eigenvalue weighted by Gasteiger charge is 2.35. The molecule has 0 fully saturated rings. The van der Waals surface area contributed by atoms with Crippen molar-refractivity contribution in [1.29, 1.82) is 0 Å². The number of aromatic nitrogens is 2. The van der Waals surface area contributed by atoms with Gasteiger partial charge in [-0.3, -0.25) is 0 Å². The summed E-state index contributed by atoms with van der Waals surface area (Å²) in [7, 11) is 3.42. The van der Waals surface area contributed by atoms with Gasteiger partial charge in [0.1, 0.15) is 11.5 Å². The predicted octanol–water partition coefficient (Wildman–Crippen LogP) is 10.9. The molecule has 4 nitrogen and oxygen atoms in total. The zero-order valence-electron chi connectivity index (χ0n) is 27.4. The van der Waals surface area contributed by atoms with E-state index in [1.54, 1.807) is 14.2 Å². The molecule has 6 aromatic rings. The number of nitrogens with zero attached hydrogens (tertiary/aromatic N) is 2. The van der Waals surface area contributed by atoms with Crippen molar-refractivity contribution in [2.75, 3.05) is 14.2 Å². The van der Waals surface area contributed by atoms with Gasteiger partial charge < -0.3 is 18.6 Å². The number of para-hydroxylation sites is 2. The van der Waals surface area contributed by atoms with Crippen LogP contribution in [0.1, 0.15) is 52.7 Å². The minimum atomic E-state index is -0.266. The minimum Gasteiger partial charge on any atom is -0.497 e. The van der Waals surface area contributed by atoms with E-state index in [1.807, 2.05) is 47.8 Å². The molecule has 0 amide bonds. The molecule has 6 rings (SSSR count). The monoisotopic (exact) mass is 634 g/mol. The number of hydrogen-bond donors (Lipinski definition) is 0. The van der Waals surface area contributed by atoms with Crippen molar-refractivity contribution in [1.82, 2.24) is 9.13 Å². The fraction of sp³-hybridized carbons (Fsp3) is 0.282. The Morgan fingerprint density at radius 2 is 0.844 bits per heavy atom. The Labute approximate surface area is 275 Å². The fourth-order valence-corrected chi connectivity index (χ4v) is 8.55. The number of methoxy groups -OCH3 is 2. The average molecular weight is 635 g/mol. The number of benzene rings is 4. The normalized spacial score (nSPS) is 12.6. The molecule has 232 valence electrons. The summed E-state index contributed by atoms with van der Waals surface area (Å²) in [5.41, 5.74) is 4.86. The largest absolute Gasteiger partial charge is 0.497 e. The lowest BCUT2D eigenvalue weighted by atomic mass is 9.78. The molecule has 0 unspecified atom stereocenters. The van der Waals surface area contributed by atoms with Crippen LogP contribution in [0.2, 0.25) is 0 Å². The highest BCUT2D eigenvalue weighted by atomic mass is 32.2. The third-order valence-corrected chi connectivity index (χ3v) is 11.2. The van der Waals surface area contributed by atoms with E-state index in [1.165, 1.54) is 42.7 Å². The Balaban J connectivity index is 1.43. The summed E-state index contributed by atoms with van der Waals surface area (Å²) in [5, 5.41) is 2.57. The topological polar surface area (TPSA) is 28.3 Å². The van der Waals surface area contributed by atoms with Crippen molar-refractivity contribution < 1.29 is 9.47 Å². The fourth-order valence-electron chi connectivity index (χ4n) is 6.35. The van der Waals surface area contributed by atoms with Gasteiger partial charge in [-0.15, -0.1) is 0 Å². The lowest BCUT2D eigenvalue weighted by molar-refractivity contribution is 0.414. The molecule has 0 aliphatic heterocycles. The van der Waals surface area contributed by atoms with Gasteiger partial charge in [0.15, 0.2) is 0 Å². The van der Waals surface area contributed by atoms with Crippen LogP contribution in [0.15, 0.2) is 119 Å². The van der Waals surface area contributed by atoms with Crippen molar-refractivity contribution in [2.24, 2.45) is 0 Å². The maximum atomic E-state index is 5.39. The van der Waals surface area contributed by atoms with Crippen LogP contribution in [0, 0.1) is 0 Å². The summed E-state index contributed by atoms with van der Waals surface area (Å²) in [6, 6.07) is 34.4. The first-order valence-corrected chi connectivity index (χ1v) is 17.0. The predicted molar refractivity (Wildman–Crippen MR) is 192 cm³/mol. The van der Waals surface area contributed by atoms with Gasteiger partial charge in [0.2, 0.25) is 0 Å². The summed E-state index contributed by atoms with van der Waals surface area (Å²) in [5.74, 6) is 1.75. The second-order valence-corrected chi connectivity index (χ2v) is 16.3. The molecule has 2 aromatic heterocycles. The molecule has 0 aliphatic rings. The first-order valence-electron chi connectivity index (χ1n) is 15.3. The first-order chi connectivity index (χ1) is 21.4. The molecule has 0 radical (unpaired) electrons. The van der Waals surface area contributed by atoms with Gasteiger partial charge in [-0.25, -0.2) is 0 Å². The summed E-state index contributed by atoms with van der Waals surface area (Å²) >= 11 is 3.72. The second kappa shape index (κ2) is 11.9. The van der Waals surface area contributed by atoms with Crippen molar-refractivity contribution in [3.05, 3.63) is 121 Å². The van der Waals surface area contributed by atoms with Crippen LogP contribution in [0.3, 0.4) is 0 Å². The number of rotatable bonds is 10. The zero-order valence-corrected chi connectivity index (χ0v) is 29.1. The Kier molecular flexibility index (Phi) is 8.25. The van der Waals surface area contributed by atoms with E-state index in [9.17, 15) is 0 Å². The standard InChI is InChI=1S/C39H42N2O2S2/c1-37(2,33-25-40(35-15-11-9-13-31(33)35)38(3,4)44-29-21-17-27(42-7)18-22-29)34-26-41(36-16-12-10-14-32(34)36)39(5,6)45-30-23-19-28(43-8)20-24-30/h9-26H,1-8H3. The average Bonchev–Trinajstić information content (AvgIpc) is 3.63. The van der Waals surface area contributed by atoms with Crippen LogP contribution in [-0.2, 0) is 15.2 Å². The Morgan fingerprint density at radius 1 is 0.489 bits per heavy atom. The van der Waals surface area contributed by atoms with Crippen LogP contribution >= 0.6 is 23.5 Å². The number of ether oxygens (including phenoxy) is 2. The lowest BCUT2D eigenvalue weighted by Crippen LogP contribution is -2.23. The molecule has 0 atom stereocenters. The second-order valence-electron chi connectivity index (χ2n) is 12.9. The number of thioether (sulfide) groups is 2. The molecular formula is C39H42N2O2S2. The maximum absolute atomic E-state index is 5.39. The Hall–Kier alpha value is -3.74. The van der Waals surface area contributed by atoms with E-state index < -0.39 is 0 Å². The first kappa shape index (κ1) is 31.3. The van der Waals surface area contributed by atoms with Gasteiger partial charge in [0, 0.05) is 49.4 Å². The minimum absolute atomic E-state index is 0.229. The Bertz CT molecular complexity index is 1810. The Morgan fingerprint density at radius 3 is 1.20 bits per heavy atom. The van der Waals surface area contributed by atoms with Crippen molar-refractivity contribution in [3.8, 4) is 11.5 Å². The third kappa shape index (κ3) is 5.86. The molecule has 0 bridgehead atoms. The molecule has 4 aromatic carbocycles. The van der Waals surface area contributed by atoms with Gasteiger partial charge in [-0.2, -0.15) is 0 Å². The molecule has 0 aliphatic carbocycles. The van der Waals surface area contributed by atoms with Gasteiger partial charge >= 0.3 is 0 Å². The molecular weight excluding hydrogens is 593 g/mol. The highest BCUT2D eigenvalue weighted by molar-refractivity contribution is 8.00. The van der Waals surface area contributed by atoms with Crippen LogP contribution in [0.25, 0.3) is 21.8 Å². The summed E-state index contributed by atoms with van der Waals surface area (Å²) in [6.07, 6.45) is 4.79. The quantitative estimate of drug-likeness (QED) is 0.140. The third-order valence-electron chi connectivity index (χ3n) is 8.79. The molecule has 0 N–H and O–H groups in total. The van der Waals surface area contributed by atoms with E-state index in [0.717, 1.165) is 11.5 Å². The van der Waals surface area contributed by atoms with Gasteiger partial charge in [0.05, 0.1) is 24.0 Å². The van der Waals surface area contributed by atoms with Crippen molar-refractivity contribution in [2.45, 2.75) is 66.5 Å². The van der Waals surface area contributed by atoms with Crippen LogP contribution in [0.5, 0.6) is 11.5 Å². The lowest BCUT2D eigenvalue weighted by Gasteiger charge is -2.29. The van der Waals surface area contributed by atoms with E-state index in [-0.39, 0.29) is 15.2 Å². The van der Waals surface area contributed by atoms with Gasteiger partial charge in [-0.1, -0.05) is 73.8 Å². The SMILES string of the molecule is COc1ccc(SC(C)(C)n2cc(C(C)(C)c3cn(C(C)(C)Sc4ccc(OC)cc4)c4ccccc34)c3ccccc32)cc1. The van der Waals surface area contributed by atoms with Crippen molar-refractivity contribution >= 4 is 45.3 Å². The molecule has 0 saturated heterocycles. The van der Waals surface area contributed by atoms with Gasteiger partial charge in [-0.05, 0) is 99.5 Å². The summed E-state index contributed by atoms with van der Waals surface area (Å²) in [4.78, 5) is 1.96. The van der Waals surface area contributed by atoms with E-state index >= 15 is 0 Å². The molecule has 0 spiro atoms. The summed E-state index contributed by atoms with van der Waals surface area (Å²) < 4.78 is 15.7. The number of hydrogen-bond acceptors (Lipinski definition) is 4. The molecule has 6 heteroatoms. The smallest absolute Gasteiger partial charge is 0.118 e. The van der Waals surface area contributed by atoms with Crippen LogP contribution < -0.4 is 9.47 Å². The van der Waals surface area contributed by atoms with E-state index in [4.69, 9.17) is 9.47 Å². The van der Waals surface area contributed by atoms with Crippen molar-refractivity contribution in [3.63, 3.8) is 0 Å². The molecule has 0 saturated carbocycles. The molecule has 2 heterocycles. The van der Waals surface area contributed by atoms with Crippen LogP contribution in [-0.4, -0.2) is 23.4 Å². The maximum Gasteiger partial charge on any atom is 0.118 e. The van der Waals surface area contributed by atoms with E-state index in [0.29, 0.717) is 0 Å². The number of fused-ring (bicyclic) bond motifs is 2. The summed E-state index contributed by atoms with van der Waals surface area (Å²) in [6.45, 7) is 14.0. The van der Waals surface area contributed by atoms with E-state index in [2.05, 4.69) is 136 Å². The zero-order chi connectivity index (χ0) is 32.0. The van der Waals surface area contributed by atoms with Crippen LogP contribution in [0.4, 0.5) is 0 Å².